The third-order valence-electron chi connectivity index (χ3n) is 2.49. The van der Waals surface area contributed by atoms with Gasteiger partial charge in [0, 0.05) is 5.69 Å². The Hall–Kier alpha value is -1.38. The summed E-state index contributed by atoms with van der Waals surface area (Å²) in [5, 5.41) is 0. The molecular formula is C13H19NO2. The van der Waals surface area contributed by atoms with Gasteiger partial charge >= 0.3 is 5.97 Å². The minimum absolute atomic E-state index is 0.286. The molecule has 0 aliphatic heterocycles. The molecular weight excluding hydrogens is 202 g/mol. The maximum absolute atomic E-state index is 11.6. The van der Waals surface area contributed by atoms with Gasteiger partial charge in [0.1, 0.15) is 0 Å². The molecule has 0 fully saturated rings. The Morgan fingerprint density at radius 1 is 1.44 bits per heavy atom. The Morgan fingerprint density at radius 3 is 2.56 bits per heavy atom. The van der Waals surface area contributed by atoms with Crippen LogP contribution in [0.3, 0.4) is 0 Å². The van der Waals surface area contributed by atoms with Crippen LogP contribution < -0.4 is 0 Å². The highest BCUT2D eigenvalue weighted by Gasteiger charge is 2.15. The van der Waals surface area contributed by atoms with Crippen LogP contribution >= 0.6 is 0 Å². The van der Waals surface area contributed by atoms with E-state index in [0.29, 0.717) is 18.1 Å². The Morgan fingerprint density at radius 2 is 2.06 bits per heavy atom. The summed E-state index contributed by atoms with van der Waals surface area (Å²) < 4.78 is 4.99. The molecule has 1 heterocycles. The van der Waals surface area contributed by atoms with Gasteiger partial charge in [-0.05, 0) is 38.3 Å². The van der Waals surface area contributed by atoms with Crippen LogP contribution in [0.5, 0.6) is 0 Å². The number of rotatable bonds is 3. The van der Waals surface area contributed by atoms with Gasteiger partial charge in [-0.3, -0.25) is 4.98 Å². The van der Waals surface area contributed by atoms with Crippen molar-refractivity contribution < 1.29 is 9.53 Å². The highest BCUT2D eigenvalue weighted by atomic mass is 16.5. The van der Waals surface area contributed by atoms with E-state index in [0.717, 1.165) is 17.0 Å². The van der Waals surface area contributed by atoms with E-state index in [4.69, 9.17) is 4.74 Å². The molecule has 0 aromatic carbocycles. The fourth-order valence-corrected chi connectivity index (χ4v) is 1.72. The SMILES string of the molecule is CCOC(=O)c1cc(C)c(C(C)C)nc1C. The Bertz CT molecular complexity index is 397. The zero-order chi connectivity index (χ0) is 12.3. The minimum Gasteiger partial charge on any atom is -0.462 e. The van der Waals surface area contributed by atoms with E-state index in [-0.39, 0.29) is 5.97 Å². The molecule has 0 aliphatic rings. The lowest BCUT2D eigenvalue weighted by Gasteiger charge is -2.12. The molecule has 16 heavy (non-hydrogen) atoms. The number of aromatic nitrogens is 1. The Labute approximate surface area is 96.8 Å². The number of hydrogen-bond acceptors (Lipinski definition) is 3. The maximum Gasteiger partial charge on any atom is 0.339 e. The van der Waals surface area contributed by atoms with Crippen molar-refractivity contribution in [3.63, 3.8) is 0 Å². The van der Waals surface area contributed by atoms with Crippen LogP contribution in [0.25, 0.3) is 0 Å². The predicted octanol–water partition coefficient (Wildman–Crippen LogP) is 3.00. The van der Waals surface area contributed by atoms with Crippen molar-refractivity contribution >= 4 is 5.97 Å². The molecule has 1 aromatic rings. The molecule has 3 nitrogen and oxygen atoms in total. The molecule has 0 bridgehead atoms. The van der Waals surface area contributed by atoms with Gasteiger partial charge in [-0.15, -0.1) is 0 Å². The normalized spacial score (nSPS) is 10.6. The second kappa shape index (κ2) is 5.10. The van der Waals surface area contributed by atoms with E-state index >= 15 is 0 Å². The first-order valence-corrected chi connectivity index (χ1v) is 5.62. The maximum atomic E-state index is 11.6. The van der Waals surface area contributed by atoms with E-state index < -0.39 is 0 Å². The van der Waals surface area contributed by atoms with Gasteiger partial charge in [0.2, 0.25) is 0 Å². The molecule has 0 radical (unpaired) electrons. The van der Waals surface area contributed by atoms with Crippen molar-refractivity contribution in [1.82, 2.24) is 4.98 Å². The quantitative estimate of drug-likeness (QED) is 0.736. The lowest BCUT2D eigenvalue weighted by Crippen LogP contribution is -2.10. The third kappa shape index (κ3) is 2.60. The number of hydrogen-bond donors (Lipinski definition) is 0. The standard InChI is InChI=1S/C13H19NO2/c1-6-16-13(15)11-7-9(4)12(8(2)3)14-10(11)5/h7-8H,6H2,1-5H3. The van der Waals surface area contributed by atoms with E-state index in [1.54, 1.807) is 6.92 Å². The second-order valence-corrected chi connectivity index (χ2v) is 4.20. The van der Waals surface area contributed by atoms with Gasteiger partial charge in [0.05, 0.1) is 17.9 Å². The summed E-state index contributed by atoms with van der Waals surface area (Å²) in [6.45, 7) is 10.2. The Kier molecular flexibility index (Phi) is 4.05. The second-order valence-electron chi connectivity index (χ2n) is 4.20. The predicted molar refractivity (Wildman–Crippen MR) is 63.8 cm³/mol. The van der Waals surface area contributed by atoms with Crippen LogP contribution in [0.1, 0.15) is 54.0 Å². The smallest absolute Gasteiger partial charge is 0.339 e. The van der Waals surface area contributed by atoms with E-state index in [2.05, 4.69) is 18.8 Å². The van der Waals surface area contributed by atoms with Gasteiger partial charge in [0.25, 0.3) is 0 Å². The van der Waals surface area contributed by atoms with E-state index in [1.165, 1.54) is 0 Å². The number of aryl methyl sites for hydroxylation is 2. The van der Waals surface area contributed by atoms with E-state index in [9.17, 15) is 4.79 Å². The number of carbonyl (C=O) groups excluding carboxylic acids is 1. The van der Waals surface area contributed by atoms with Crippen molar-refractivity contribution in [2.75, 3.05) is 6.61 Å². The van der Waals surface area contributed by atoms with Crippen LogP contribution in [0.15, 0.2) is 6.07 Å². The van der Waals surface area contributed by atoms with Crippen LogP contribution in [0, 0.1) is 13.8 Å². The van der Waals surface area contributed by atoms with Gasteiger partial charge < -0.3 is 4.74 Å². The highest BCUT2D eigenvalue weighted by Crippen LogP contribution is 2.20. The summed E-state index contributed by atoms with van der Waals surface area (Å²) in [6, 6.07) is 1.87. The first-order chi connectivity index (χ1) is 7.47. The molecule has 0 atom stereocenters. The summed E-state index contributed by atoms with van der Waals surface area (Å²) in [5.74, 6) is 0.0841. The molecule has 0 amide bonds. The molecule has 3 heteroatoms. The number of ether oxygens (including phenoxy) is 1. The fraction of sp³-hybridized carbons (Fsp3) is 0.538. The molecule has 1 aromatic heterocycles. The average Bonchev–Trinajstić information content (AvgIpc) is 2.20. The highest BCUT2D eigenvalue weighted by molar-refractivity contribution is 5.90. The summed E-state index contributed by atoms with van der Waals surface area (Å²) in [7, 11) is 0. The molecule has 0 spiro atoms. The van der Waals surface area contributed by atoms with Crippen molar-refractivity contribution in [3.05, 3.63) is 28.6 Å². The lowest BCUT2D eigenvalue weighted by molar-refractivity contribution is 0.0524. The molecule has 88 valence electrons. The summed E-state index contributed by atoms with van der Waals surface area (Å²) in [5.41, 5.74) is 3.41. The zero-order valence-electron chi connectivity index (χ0n) is 10.6. The number of nitrogens with zero attached hydrogens (tertiary/aromatic N) is 1. The van der Waals surface area contributed by atoms with Crippen LogP contribution in [0.4, 0.5) is 0 Å². The van der Waals surface area contributed by atoms with E-state index in [1.807, 2.05) is 19.9 Å². The van der Waals surface area contributed by atoms with Crippen molar-refractivity contribution in [3.8, 4) is 0 Å². The minimum atomic E-state index is -0.286. The largest absolute Gasteiger partial charge is 0.462 e. The van der Waals surface area contributed by atoms with Gasteiger partial charge in [0.15, 0.2) is 0 Å². The van der Waals surface area contributed by atoms with Crippen molar-refractivity contribution in [1.29, 1.82) is 0 Å². The monoisotopic (exact) mass is 221 g/mol. The summed E-state index contributed by atoms with van der Waals surface area (Å²) in [6.07, 6.45) is 0. The summed E-state index contributed by atoms with van der Waals surface area (Å²) in [4.78, 5) is 16.1. The van der Waals surface area contributed by atoms with Crippen LogP contribution in [-0.2, 0) is 4.74 Å². The lowest BCUT2D eigenvalue weighted by atomic mass is 10.0. The number of carbonyl (C=O) groups is 1. The van der Waals surface area contributed by atoms with Gasteiger partial charge in [-0.2, -0.15) is 0 Å². The molecule has 0 aliphatic carbocycles. The zero-order valence-corrected chi connectivity index (χ0v) is 10.6. The van der Waals surface area contributed by atoms with Gasteiger partial charge in [-0.1, -0.05) is 13.8 Å². The molecule has 0 unspecified atom stereocenters. The van der Waals surface area contributed by atoms with Crippen molar-refractivity contribution in [2.45, 2.75) is 40.5 Å². The van der Waals surface area contributed by atoms with Crippen LogP contribution in [0.2, 0.25) is 0 Å². The van der Waals surface area contributed by atoms with Gasteiger partial charge in [-0.25, -0.2) is 4.79 Å². The first-order valence-electron chi connectivity index (χ1n) is 5.62. The molecule has 1 rings (SSSR count). The van der Waals surface area contributed by atoms with Crippen molar-refractivity contribution in [2.24, 2.45) is 0 Å². The average molecular weight is 221 g/mol. The number of pyridine rings is 1. The fourth-order valence-electron chi connectivity index (χ4n) is 1.72. The van der Waals surface area contributed by atoms with Crippen LogP contribution in [-0.4, -0.2) is 17.6 Å². The molecule has 0 saturated heterocycles. The first kappa shape index (κ1) is 12.7. The topological polar surface area (TPSA) is 39.2 Å². The summed E-state index contributed by atoms with van der Waals surface area (Å²) >= 11 is 0. The third-order valence-corrected chi connectivity index (χ3v) is 2.49. The molecule has 0 N–H and O–H groups in total. The number of esters is 1. The Balaban J connectivity index is 3.15. The molecule has 0 saturated carbocycles.